The number of esters is 1. The van der Waals surface area contributed by atoms with Crippen LogP contribution in [0.5, 0.6) is 0 Å². The standard InChI is InChI=1S/C25H28N6O5S/c1-4-31-22(14-16(3)29-31)23(32)28-25-27-20-15-18(24(33)36-5-2)8-11-21(20)30(25)13-12-17-6-9-19(10-7-17)37(26,34)35/h6-11,14-15H,4-5,12-13H2,1-3H3,(H2,26,34,35)(H,27,28,32). The van der Waals surface area contributed by atoms with Gasteiger partial charge in [-0.15, -0.1) is 0 Å². The monoisotopic (exact) mass is 524 g/mol. The first kappa shape index (κ1) is 26.0. The number of rotatable bonds is 9. The summed E-state index contributed by atoms with van der Waals surface area (Å²) in [6.45, 7) is 6.65. The molecule has 0 aliphatic rings. The lowest BCUT2D eigenvalue weighted by molar-refractivity contribution is 0.0526. The highest BCUT2D eigenvalue weighted by Gasteiger charge is 2.19. The summed E-state index contributed by atoms with van der Waals surface area (Å²) < 4.78 is 31.7. The topological polar surface area (TPSA) is 151 Å². The van der Waals surface area contributed by atoms with Crippen molar-refractivity contribution >= 4 is 38.9 Å². The lowest BCUT2D eigenvalue weighted by atomic mass is 10.1. The predicted octanol–water partition coefficient (Wildman–Crippen LogP) is 2.88. The third-order valence-corrected chi connectivity index (χ3v) is 6.72. The predicted molar refractivity (Wildman–Crippen MR) is 138 cm³/mol. The second-order valence-electron chi connectivity index (χ2n) is 8.39. The Morgan fingerprint density at radius 2 is 1.81 bits per heavy atom. The summed E-state index contributed by atoms with van der Waals surface area (Å²) in [6, 6.07) is 13.0. The minimum absolute atomic E-state index is 0.0339. The van der Waals surface area contributed by atoms with Crippen molar-refractivity contribution in [1.82, 2.24) is 19.3 Å². The number of nitrogens with zero attached hydrogens (tertiary/aromatic N) is 4. The number of anilines is 1. The first-order chi connectivity index (χ1) is 17.6. The van der Waals surface area contributed by atoms with Crippen molar-refractivity contribution in [3.8, 4) is 0 Å². The second kappa shape index (κ2) is 10.5. The minimum Gasteiger partial charge on any atom is -0.462 e. The van der Waals surface area contributed by atoms with Crippen LogP contribution in [0.1, 0.15) is 46.0 Å². The molecule has 0 spiro atoms. The molecule has 11 nitrogen and oxygen atoms in total. The summed E-state index contributed by atoms with van der Waals surface area (Å²) in [4.78, 5) is 30.0. The molecule has 0 aliphatic heterocycles. The number of benzene rings is 2. The number of nitrogens with two attached hydrogens (primary N) is 1. The summed E-state index contributed by atoms with van der Waals surface area (Å²) in [7, 11) is -3.78. The fourth-order valence-electron chi connectivity index (χ4n) is 4.01. The van der Waals surface area contributed by atoms with Gasteiger partial charge >= 0.3 is 5.97 Å². The van der Waals surface area contributed by atoms with E-state index in [1.807, 2.05) is 18.4 Å². The molecule has 0 saturated heterocycles. The SMILES string of the molecule is CCOC(=O)c1ccc2c(c1)nc(NC(=O)c1cc(C)nn1CC)n2CCc1ccc(S(N)(=O)=O)cc1. The maximum Gasteiger partial charge on any atom is 0.338 e. The number of ether oxygens (including phenoxy) is 1. The van der Waals surface area contributed by atoms with E-state index in [0.29, 0.717) is 47.7 Å². The quantitative estimate of drug-likeness (QED) is 0.319. The molecule has 2 heterocycles. The van der Waals surface area contributed by atoms with E-state index in [0.717, 1.165) is 11.3 Å². The Bertz CT molecular complexity index is 1570. The molecule has 3 N–H and O–H groups in total. The third-order valence-electron chi connectivity index (χ3n) is 5.79. The molecule has 4 rings (SSSR count). The molecule has 0 unspecified atom stereocenters. The molecule has 12 heteroatoms. The summed E-state index contributed by atoms with van der Waals surface area (Å²) in [5, 5.41) is 12.4. The Hall–Kier alpha value is -4.03. The van der Waals surface area contributed by atoms with E-state index in [1.165, 1.54) is 12.1 Å². The van der Waals surface area contributed by atoms with E-state index in [-0.39, 0.29) is 17.4 Å². The number of carbonyl (C=O) groups excluding carboxylic acids is 2. The summed E-state index contributed by atoms with van der Waals surface area (Å²) in [5.41, 5.74) is 3.59. The number of imidazole rings is 1. The van der Waals surface area contributed by atoms with E-state index in [9.17, 15) is 18.0 Å². The summed E-state index contributed by atoms with van der Waals surface area (Å²) >= 11 is 0. The van der Waals surface area contributed by atoms with Gasteiger partial charge in [0, 0.05) is 13.1 Å². The van der Waals surface area contributed by atoms with Gasteiger partial charge in [-0.25, -0.2) is 23.3 Å². The van der Waals surface area contributed by atoms with Gasteiger partial charge in [-0.3, -0.25) is 14.8 Å². The molecule has 2 aromatic heterocycles. The first-order valence-corrected chi connectivity index (χ1v) is 13.3. The van der Waals surface area contributed by atoms with Crippen molar-refractivity contribution in [3.05, 3.63) is 71.0 Å². The zero-order valence-corrected chi connectivity index (χ0v) is 21.6. The van der Waals surface area contributed by atoms with Crippen LogP contribution in [-0.4, -0.2) is 46.2 Å². The van der Waals surface area contributed by atoms with Crippen molar-refractivity contribution in [2.45, 2.75) is 45.2 Å². The average Bonchev–Trinajstić information content (AvgIpc) is 3.41. The number of hydrogen-bond acceptors (Lipinski definition) is 7. The van der Waals surface area contributed by atoms with Crippen LogP contribution >= 0.6 is 0 Å². The van der Waals surface area contributed by atoms with Crippen LogP contribution in [0.3, 0.4) is 0 Å². The first-order valence-electron chi connectivity index (χ1n) is 11.8. The number of hydrogen-bond donors (Lipinski definition) is 2. The molecular formula is C25H28N6O5S. The highest BCUT2D eigenvalue weighted by molar-refractivity contribution is 7.89. The number of aryl methyl sites for hydroxylation is 4. The Morgan fingerprint density at radius 3 is 2.46 bits per heavy atom. The molecule has 0 radical (unpaired) electrons. The zero-order valence-electron chi connectivity index (χ0n) is 20.8. The zero-order chi connectivity index (χ0) is 26.7. The normalized spacial score (nSPS) is 11.6. The van der Waals surface area contributed by atoms with Crippen LogP contribution in [-0.2, 0) is 34.3 Å². The molecule has 4 aromatic rings. The highest BCUT2D eigenvalue weighted by Crippen LogP contribution is 2.23. The van der Waals surface area contributed by atoms with E-state index in [4.69, 9.17) is 9.88 Å². The van der Waals surface area contributed by atoms with Gasteiger partial charge in [-0.05, 0) is 69.2 Å². The Morgan fingerprint density at radius 1 is 1.08 bits per heavy atom. The van der Waals surface area contributed by atoms with Crippen LogP contribution in [0.4, 0.5) is 5.95 Å². The van der Waals surface area contributed by atoms with Gasteiger partial charge in [-0.1, -0.05) is 12.1 Å². The Labute approximate surface area is 214 Å². The van der Waals surface area contributed by atoms with Crippen LogP contribution in [0.2, 0.25) is 0 Å². The van der Waals surface area contributed by atoms with Crippen LogP contribution < -0.4 is 10.5 Å². The molecule has 0 aliphatic carbocycles. The van der Waals surface area contributed by atoms with Crippen LogP contribution in [0.15, 0.2) is 53.4 Å². The van der Waals surface area contributed by atoms with Gasteiger partial charge in [0.05, 0.1) is 33.8 Å². The molecule has 0 bridgehead atoms. The van der Waals surface area contributed by atoms with Gasteiger partial charge in [0.2, 0.25) is 16.0 Å². The van der Waals surface area contributed by atoms with E-state index in [2.05, 4.69) is 15.4 Å². The fraction of sp³-hybridized carbons (Fsp3) is 0.280. The Balaban J connectivity index is 1.68. The molecule has 0 atom stereocenters. The van der Waals surface area contributed by atoms with Crippen molar-refractivity contribution in [2.75, 3.05) is 11.9 Å². The molecular weight excluding hydrogens is 496 g/mol. The van der Waals surface area contributed by atoms with Crippen molar-refractivity contribution in [1.29, 1.82) is 0 Å². The summed E-state index contributed by atoms with van der Waals surface area (Å²) in [6.07, 6.45) is 0.519. The molecule has 2 aromatic carbocycles. The number of nitrogens with one attached hydrogen (secondary N) is 1. The smallest absolute Gasteiger partial charge is 0.338 e. The second-order valence-corrected chi connectivity index (χ2v) is 9.95. The van der Waals surface area contributed by atoms with Gasteiger partial charge in [0.1, 0.15) is 5.69 Å². The number of fused-ring (bicyclic) bond motifs is 1. The number of amides is 1. The van der Waals surface area contributed by atoms with Crippen molar-refractivity contribution in [3.63, 3.8) is 0 Å². The maximum atomic E-state index is 13.1. The molecule has 1 amide bonds. The van der Waals surface area contributed by atoms with E-state index in [1.54, 1.807) is 48.0 Å². The number of aromatic nitrogens is 4. The Kier molecular flexibility index (Phi) is 7.41. The number of primary sulfonamides is 1. The van der Waals surface area contributed by atoms with Gasteiger partial charge < -0.3 is 9.30 Å². The number of sulfonamides is 1. The molecule has 37 heavy (non-hydrogen) atoms. The molecule has 194 valence electrons. The van der Waals surface area contributed by atoms with Gasteiger partial charge in [0.25, 0.3) is 5.91 Å². The average molecular weight is 525 g/mol. The molecule has 0 fully saturated rings. The largest absolute Gasteiger partial charge is 0.462 e. The van der Waals surface area contributed by atoms with Crippen molar-refractivity contribution < 1.29 is 22.7 Å². The fourth-order valence-corrected chi connectivity index (χ4v) is 4.53. The van der Waals surface area contributed by atoms with Gasteiger partial charge in [-0.2, -0.15) is 5.10 Å². The summed E-state index contributed by atoms with van der Waals surface area (Å²) in [5.74, 6) is -0.507. The van der Waals surface area contributed by atoms with E-state index < -0.39 is 16.0 Å². The van der Waals surface area contributed by atoms with Crippen molar-refractivity contribution in [2.24, 2.45) is 5.14 Å². The third kappa shape index (κ3) is 5.70. The molecule has 0 saturated carbocycles. The van der Waals surface area contributed by atoms with Crippen LogP contribution in [0.25, 0.3) is 11.0 Å². The number of carbonyl (C=O) groups is 2. The van der Waals surface area contributed by atoms with Gasteiger partial charge in [0.15, 0.2) is 0 Å². The van der Waals surface area contributed by atoms with Crippen LogP contribution in [0, 0.1) is 6.92 Å². The lowest BCUT2D eigenvalue weighted by Crippen LogP contribution is -2.20. The maximum absolute atomic E-state index is 13.1. The lowest BCUT2D eigenvalue weighted by Gasteiger charge is -2.11. The highest BCUT2D eigenvalue weighted by atomic mass is 32.2. The minimum atomic E-state index is -3.78. The van der Waals surface area contributed by atoms with E-state index >= 15 is 0 Å².